The summed E-state index contributed by atoms with van der Waals surface area (Å²) >= 11 is 0. The van der Waals surface area contributed by atoms with Crippen LogP contribution >= 0.6 is 0 Å². The Labute approximate surface area is 74.8 Å². The molecule has 0 heterocycles. The van der Waals surface area contributed by atoms with Gasteiger partial charge in [-0.25, -0.2) is 5.84 Å². The molecule has 0 amide bonds. The summed E-state index contributed by atoms with van der Waals surface area (Å²) in [7, 11) is 1.98. The van der Waals surface area contributed by atoms with Crippen molar-refractivity contribution in [3.8, 4) is 0 Å². The lowest BCUT2D eigenvalue weighted by atomic mass is 10.4. The molecule has 0 fully saturated rings. The summed E-state index contributed by atoms with van der Waals surface area (Å²) in [5.41, 5.74) is 2.60. The highest BCUT2D eigenvalue weighted by Gasteiger charge is 2.01. The van der Waals surface area contributed by atoms with Crippen molar-refractivity contribution >= 4 is 5.96 Å². The number of hydrogen-bond donors (Lipinski definition) is 2. The lowest BCUT2D eigenvalue weighted by Gasteiger charge is -2.19. The van der Waals surface area contributed by atoms with Crippen LogP contribution in [-0.2, 0) is 0 Å². The van der Waals surface area contributed by atoms with Crippen LogP contribution in [-0.4, -0.2) is 31.0 Å². The fourth-order valence-electron chi connectivity index (χ4n) is 0.936. The molecule has 4 heteroatoms. The van der Waals surface area contributed by atoms with Crippen molar-refractivity contribution in [3.63, 3.8) is 0 Å². The predicted octanol–water partition coefficient (Wildman–Crippen LogP) is 0.558. The summed E-state index contributed by atoms with van der Waals surface area (Å²) in [6.45, 7) is 6.03. The van der Waals surface area contributed by atoms with Gasteiger partial charge in [0.1, 0.15) is 0 Å². The van der Waals surface area contributed by atoms with E-state index >= 15 is 0 Å². The van der Waals surface area contributed by atoms with Gasteiger partial charge in [-0.05, 0) is 12.8 Å². The van der Waals surface area contributed by atoms with E-state index in [1.807, 2.05) is 11.9 Å². The smallest absolute Gasteiger partial charge is 0.208 e. The van der Waals surface area contributed by atoms with Crippen LogP contribution in [0.1, 0.15) is 26.7 Å². The predicted molar refractivity (Wildman–Crippen MR) is 52.8 cm³/mol. The van der Waals surface area contributed by atoms with E-state index in [9.17, 15) is 0 Å². The number of nitrogens with one attached hydrogen (secondary N) is 1. The van der Waals surface area contributed by atoms with Crippen molar-refractivity contribution in [1.29, 1.82) is 0 Å². The third-order valence-electron chi connectivity index (χ3n) is 1.53. The number of rotatable bonds is 4. The largest absolute Gasteiger partial charge is 0.345 e. The van der Waals surface area contributed by atoms with E-state index < -0.39 is 0 Å². The van der Waals surface area contributed by atoms with E-state index in [0.717, 1.165) is 31.9 Å². The molecule has 0 aromatic rings. The summed E-state index contributed by atoms with van der Waals surface area (Å²) < 4.78 is 0. The molecule has 0 aliphatic heterocycles. The van der Waals surface area contributed by atoms with E-state index in [4.69, 9.17) is 5.84 Å². The first-order chi connectivity index (χ1) is 5.76. The first-order valence-electron chi connectivity index (χ1n) is 4.48. The maximum absolute atomic E-state index is 5.32. The fraction of sp³-hybridized carbons (Fsp3) is 0.875. The SMILES string of the molecule is CCCN=C(NN)N(C)CCC. The van der Waals surface area contributed by atoms with Crippen molar-refractivity contribution in [3.05, 3.63) is 0 Å². The van der Waals surface area contributed by atoms with Gasteiger partial charge in [-0.3, -0.25) is 10.4 Å². The van der Waals surface area contributed by atoms with E-state index in [1.54, 1.807) is 0 Å². The number of nitrogens with two attached hydrogens (primary N) is 1. The zero-order valence-electron chi connectivity index (χ0n) is 8.30. The van der Waals surface area contributed by atoms with Crippen LogP contribution in [0, 0.1) is 0 Å². The average molecular weight is 172 g/mol. The molecule has 0 unspecified atom stereocenters. The molecule has 0 aliphatic rings. The highest BCUT2D eigenvalue weighted by Crippen LogP contribution is 1.88. The second-order valence-electron chi connectivity index (χ2n) is 2.77. The molecule has 0 aromatic heterocycles. The van der Waals surface area contributed by atoms with Crippen molar-refractivity contribution < 1.29 is 0 Å². The van der Waals surface area contributed by atoms with Crippen molar-refractivity contribution in [2.75, 3.05) is 20.1 Å². The van der Waals surface area contributed by atoms with Gasteiger partial charge in [0.15, 0.2) is 0 Å². The van der Waals surface area contributed by atoms with Gasteiger partial charge in [-0.2, -0.15) is 0 Å². The number of hydrazine groups is 1. The van der Waals surface area contributed by atoms with Crippen LogP contribution in [0.25, 0.3) is 0 Å². The minimum atomic E-state index is 0.777. The third-order valence-corrected chi connectivity index (χ3v) is 1.53. The van der Waals surface area contributed by atoms with Gasteiger partial charge >= 0.3 is 0 Å². The van der Waals surface area contributed by atoms with Crippen molar-refractivity contribution in [2.45, 2.75) is 26.7 Å². The Hall–Kier alpha value is -0.770. The van der Waals surface area contributed by atoms with Crippen molar-refractivity contribution in [1.82, 2.24) is 10.3 Å². The zero-order chi connectivity index (χ0) is 9.40. The van der Waals surface area contributed by atoms with E-state index in [1.165, 1.54) is 0 Å². The molecule has 0 spiro atoms. The molecule has 0 saturated carbocycles. The molecular formula is C8H20N4. The Bertz CT molecular complexity index is 133. The summed E-state index contributed by atoms with van der Waals surface area (Å²) in [5.74, 6) is 6.10. The summed E-state index contributed by atoms with van der Waals surface area (Å²) in [6, 6.07) is 0. The number of aliphatic imine (C=N–C) groups is 1. The maximum atomic E-state index is 5.32. The molecule has 0 aromatic carbocycles. The quantitative estimate of drug-likeness (QED) is 0.282. The third kappa shape index (κ3) is 4.18. The van der Waals surface area contributed by atoms with Gasteiger partial charge < -0.3 is 4.90 Å². The molecule has 0 rings (SSSR count). The maximum Gasteiger partial charge on any atom is 0.208 e. The number of hydrogen-bond acceptors (Lipinski definition) is 2. The Kier molecular flexibility index (Phi) is 6.47. The first kappa shape index (κ1) is 11.2. The van der Waals surface area contributed by atoms with Crippen LogP contribution in [0.3, 0.4) is 0 Å². The Morgan fingerprint density at radius 2 is 2.08 bits per heavy atom. The molecule has 0 radical (unpaired) electrons. The second kappa shape index (κ2) is 6.91. The second-order valence-corrected chi connectivity index (χ2v) is 2.77. The van der Waals surface area contributed by atoms with Gasteiger partial charge in [-0.15, -0.1) is 0 Å². The summed E-state index contributed by atoms with van der Waals surface area (Å²) in [6.07, 6.45) is 2.15. The molecule has 4 nitrogen and oxygen atoms in total. The van der Waals surface area contributed by atoms with Gasteiger partial charge in [0.2, 0.25) is 5.96 Å². The molecule has 0 atom stereocenters. The molecule has 0 bridgehead atoms. The zero-order valence-corrected chi connectivity index (χ0v) is 8.30. The lowest BCUT2D eigenvalue weighted by molar-refractivity contribution is 0.479. The normalized spacial score (nSPS) is 11.5. The van der Waals surface area contributed by atoms with Gasteiger partial charge in [0, 0.05) is 20.1 Å². The molecule has 72 valence electrons. The van der Waals surface area contributed by atoms with E-state index in [2.05, 4.69) is 24.3 Å². The minimum Gasteiger partial charge on any atom is -0.345 e. The standard InChI is InChI=1S/C8H20N4/c1-4-6-10-8(11-9)12(3)7-5-2/h4-7,9H2,1-3H3,(H,10,11). The van der Waals surface area contributed by atoms with Crippen LogP contribution in [0.15, 0.2) is 4.99 Å². The fourth-order valence-corrected chi connectivity index (χ4v) is 0.936. The number of nitrogens with zero attached hydrogens (tertiary/aromatic N) is 2. The van der Waals surface area contributed by atoms with Crippen LogP contribution in [0.4, 0.5) is 0 Å². The van der Waals surface area contributed by atoms with Gasteiger partial charge in [0.05, 0.1) is 0 Å². The van der Waals surface area contributed by atoms with Crippen LogP contribution in [0.5, 0.6) is 0 Å². The highest BCUT2D eigenvalue weighted by molar-refractivity contribution is 5.79. The van der Waals surface area contributed by atoms with E-state index in [0.29, 0.717) is 0 Å². The van der Waals surface area contributed by atoms with Gasteiger partial charge in [-0.1, -0.05) is 13.8 Å². The molecular weight excluding hydrogens is 152 g/mol. The Morgan fingerprint density at radius 3 is 2.50 bits per heavy atom. The Balaban J connectivity index is 3.94. The number of guanidine groups is 1. The van der Waals surface area contributed by atoms with Crippen LogP contribution < -0.4 is 11.3 Å². The molecule has 12 heavy (non-hydrogen) atoms. The lowest BCUT2D eigenvalue weighted by Crippen LogP contribution is -2.43. The van der Waals surface area contributed by atoms with Crippen molar-refractivity contribution in [2.24, 2.45) is 10.8 Å². The molecule has 0 aliphatic carbocycles. The van der Waals surface area contributed by atoms with Gasteiger partial charge in [0.25, 0.3) is 0 Å². The minimum absolute atomic E-state index is 0.777. The first-order valence-corrected chi connectivity index (χ1v) is 4.48. The summed E-state index contributed by atoms with van der Waals surface area (Å²) in [5, 5.41) is 0. The van der Waals surface area contributed by atoms with Crippen LogP contribution in [0.2, 0.25) is 0 Å². The molecule has 0 saturated heterocycles. The topological polar surface area (TPSA) is 53.6 Å². The monoisotopic (exact) mass is 172 g/mol. The summed E-state index contributed by atoms with van der Waals surface area (Å²) in [4.78, 5) is 6.31. The molecule has 3 N–H and O–H groups in total. The average Bonchev–Trinajstić information content (AvgIpc) is 2.06. The Morgan fingerprint density at radius 1 is 1.42 bits per heavy atom. The highest BCUT2D eigenvalue weighted by atomic mass is 15.4. The van der Waals surface area contributed by atoms with E-state index in [-0.39, 0.29) is 0 Å².